The van der Waals surface area contributed by atoms with Crippen molar-refractivity contribution in [2.45, 2.75) is 32.0 Å². The number of hydrogen-bond acceptors (Lipinski definition) is 5. The molecule has 2 heterocycles. The lowest BCUT2D eigenvalue weighted by atomic mass is 10.1. The van der Waals surface area contributed by atoms with Gasteiger partial charge in [-0.25, -0.2) is 4.98 Å². The van der Waals surface area contributed by atoms with E-state index < -0.39 is 17.5 Å². The van der Waals surface area contributed by atoms with E-state index in [1.165, 1.54) is 0 Å². The molecule has 0 bridgehead atoms. The number of nitrogens with zero attached hydrogens (tertiary/aromatic N) is 3. The molecule has 1 unspecified atom stereocenters. The van der Waals surface area contributed by atoms with Crippen LogP contribution in [0.5, 0.6) is 0 Å². The van der Waals surface area contributed by atoms with Crippen molar-refractivity contribution < 1.29 is 18.3 Å². The van der Waals surface area contributed by atoms with Gasteiger partial charge in [0.2, 0.25) is 5.95 Å². The van der Waals surface area contributed by atoms with Gasteiger partial charge in [0, 0.05) is 25.7 Å². The van der Waals surface area contributed by atoms with Gasteiger partial charge in [0.15, 0.2) is 5.69 Å². The van der Waals surface area contributed by atoms with Crippen LogP contribution < -0.4 is 10.2 Å². The van der Waals surface area contributed by atoms with E-state index >= 15 is 0 Å². The molecule has 1 aliphatic rings. The number of anilines is 2. The van der Waals surface area contributed by atoms with Gasteiger partial charge in [0.05, 0.1) is 5.60 Å². The van der Waals surface area contributed by atoms with E-state index in [2.05, 4.69) is 15.3 Å². The van der Waals surface area contributed by atoms with Crippen LogP contribution in [-0.2, 0) is 6.18 Å². The topological polar surface area (TPSA) is 61.3 Å². The van der Waals surface area contributed by atoms with Crippen molar-refractivity contribution in [3.05, 3.63) is 11.8 Å². The third-order valence-electron chi connectivity index (χ3n) is 3.11. The number of nitrogens with one attached hydrogen (secondary N) is 1. The summed E-state index contributed by atoms with van der Waals surface area (Å²) in [5.74, 6) is 0.130. The maximum Gasteiger partial charge on any atom is 0.433 e. The largest absolute Gasteiger partial charge is 0.433 e. The van der Waals surface area contributed by atoms with Crippen LogP contribution in [0.2, 0.25) is 0 Å². The Morgan fingerprint density at radius 3 is 2.65 bits per heavy atom. The van der Waals surface area contributed by atoms with E-state index in [-0.39, 0.29) is 18.3 Å². The fourth-order valence-electron chi connectivity index (χ4n) is 2.12. The van der Waals surface area contributed by atoms with Gasteiger partial charge in [-0.2, -0.15) is 18.2 Å². The first-order valence-corrected chi connectivity index (χ1v) is 6.39. The minimum Gasteiger partial charge on any atom is -0.388 e. The first kappa shape index (κ1) is 14.8. The highest BCUT2D eigenvalue weighted by atomic mass is 19.4. The van der Waals surface area contributed by atoms with Crippen molar-refractivity contribution in [1.82, 2.24) is 9.97 Å². The van der Waals surface area contributed by atoms with Gasteiger partial charge < -0.3 is 15.3 Å². The average Bonchev–Trinajstić information content (AvgIpc) is 2.69. The number of aromatic nitrogens is 2. The molecule has 2 rings (SSSR count). The maximum atomic E-state index is 12.8. The quantitative estimate of drug-likeness (QED) is 0.890. The highest BCUT2D eigenvalue weighted by molar-refractivity contribution is 5.47. The van der Waals surface area contributed by atoms with Crippen molar-refractivity contribution in [3.8, 4) is 0 Å². The van der Waals surface area contributed by atoms with Gasteiger partial charge in [-0.05, 0) is 20.3 Å². The number of alkyl halides is 3. The molecule has 2 N–H and O–H groups in total. The Bertz CT molecular complexity index is 490. The maximum absolute atomic E-state index is 12.8. The lowest BCUT2D eigenvalue weighted by Crippen LogP contribution is -2.30. The van der Waals surface area contributed by atoms with Gasteiger partial charge in [0.25, 0.3) is 0 Å². The van der Waals surface area contributed by atoms with Gasteiger partial charge >= 0.3 is 6.18 Å². The monoisotopic (exact) mass is 290 g/mol. The second-order valence-corrected chi connectivity index (χ2v) is 5.13. The van der Waals surface area contributed by atoms with Crippen molar-refractivity contribution in [2.75, 3.05) is 29.9 Å². The van der Waals surface area contributed by atoms with E-state index in [1.807, 2.05) is 0 Å². The number of rotatable bonds is 3. The number of β-amino-alcohol motifs (C(OH)–C–C–N with tert-alkyl or cyclic N) is 1. The van der Waals surface area contributed by atoms with E-state index in [9.17, 15) is 18.3 Å². The van der Waals surface area contributed by atoms with Crippen molar-refractivity contribution in [3.63, 3.8) is 0 Å². The molecule has 1 atom stereocenters. The minimum atomic E-state index is -4.52. The summed E-state index contributed by atoms with van der Waals surface area (Å²) in [6.07, 6.45) is -4.03. The molecule has 1 aromatic heterocycles. The SMILES string of the molecule is CCNc1nc(N2CCC(C)(O)C2)cc(C(F)(F)F)n1. The normalized spacial score (nSPS) is 23.2. The molecular weight excluding hydrogens is 273 g/mol. The van der Waals surface area contributed by atoms with Crippen LogP contribution in [0.15, 0.2) is 6.07 Å². The lowest BCUT2D eigenvalue weighted by Gasteiger charge is -2.21. The number of hydrogen-bond donors (Lipinski definition) is 2. The van der Waals surface area contributed by atoms with Gasteiger partial charge in [-0.1, -0.05) is 0 Å². The van der Waals surface area contributed by atoms with Crippen molar-refractivity contribution >= 4 is 11.8 Å². The standard InChI is InChI=1S/C12H17F3N4O/c1-3-16-10-17-8(12(13,14)15)6-9(18-10)19-5-4-11(2,20)7-19/h6,20H,3-5,7H2,1-2H3,(H,16,17,18). The van der Waals surface area contributed by atoms with E-state index in [1.54, 1.807) is 18.7 Å². The third-order valence-corrected chi connectivity index (χ3v) is 3.11. The highest BCUT2D eigenvalue weighted by Crippen LogP contribution is 2.32. The molecule has 112 valence electrons. The van der Waals surface area contributed by atoms with Gasteiger partial charge in [0.1, 0.15) is 5.82 Å². The second kappa shape index (κ2) is 5.08. The molecule has 0 amide bonds. The highest BCUT2D eigenvalue weighted by Gasteiger charge is 2.36. The van der Waals surface area contributed by atoms with Crippen LogP contribution >= 0.6 is 0 Å². The van der Waals surface area contributed by atoms with Gasteiger partial charge in [-0.3, -0.25) is 0 Å². The summed E-state index contributed by atoms with van der Waals surface area (Å²) in [6, 6.07) is 0.919. The van der Waals surface area contributed by atoms with Crippen LogP contribution in [0.1, 0.15) is 26.0 Å². The Balaban J connectivity index is 2.35. The fourth-order valence-corrected chi connectivity index (χ4v) is 2.12. The molecular formula is C12H17F3N4O. The first-order valence-electron chi connectivity index (χ1n) is 6.39. The molecule has 1 fully saturated rings. The molecule has 0 aliphatic carbocycles. The van der Waals surface area contributed by atoms with E-state index in [0.29, 0.717) is 19.5 Å². The molecule has 8 heteroatoms. The Kier molecular flexibility index (Phi) is 3.77. The Labute approximate surface area is 114 Å². The van der Waals surface area contributed by atoms with E-state index in [4.69, 9.17) is 0 Å². The molecule has 1 aromatic rings. The molecule has 0 radical (unpaired) electrons. The Hall–Kier alpha value is -1.57. The lowest BCUT2D eigenvalue weighted by molar-refractivity contribution is -0.141. The summed E-state index contributed by atoms with van der Waals surface area (Å²) in [6.45, 7) is 4.56. The first-order chi connectivity index (χ1) is 9.21. The number of halogens is 3. The molecule has 0 aromatic carbocycles. The zero-order valence-electron chi connectivity index (χ0n) is 11.3. The molecule has 1 saturated heterocycles. The molecule has 0 saturated carbocycles. The van der Waals surface area contributed by atoms with E-state index in [0.717, 1.165) is 6.07 Å². The summed E-state index contributed by atoms with van der Waals surface area (Å²) in [5, 5.41) is 12.6. The Morgan fingerprint density at radius 2 is 2.15 bits per heavy atom. The third kappa shape index (κ3) is 3.30. The van der Waals surface area contributed by atoms with Crippen LogP contribution in [0, 0.1) is 0 Å². The summed E-state index contributed by atoms with van der Waals surface area (Å²) in [4.78, 5) is 9.18. The zero-order valence-corrected chi connectivity index (χ0v) is 11.3. The van der Waals surface area contributed by atoms with Crippen molar-refractivity contribution in [1.29, 1.82) is 0 Å². The predicted octanol–water partition coefficient (Wildman–Crippen LogP) is 1.89. The summed E-state index contributed by atoms with van der Waals surface area (Å²) < 4.78 is 38.5. The van der Waals surface area contributed by atoms with Crippen LogP contribution in [0.25, 0.3) is 0 Å². The van der Waals surface area contributed by atoms with Crippen molar-refractivity contribution in [2.24, 2.45) is 0 Å². The zero-order chi connectivity index (χ0) is 15.0. The van der Waals surface area contributed by atoms with Gasteiger partial charge in [-0.15, -0.1) is 0 Å². The summed E-state index contributed by atoms with van der Waals surface area (Å²) in [7, 11) is 0. The minimum absolute atomic E-state index is 0.0520. The summed E-state index contributed by atoms with van der Waals surface area (Å²) in [5.41, 5.74) is -1.88. The molecule has 1 aliphatic heterocycles. The number of aliphatic hydroxyl groups is 1. The van der Waals surface area contributed by atoms with Crippen LogP contribution in [0.3, 0.4) is 0 Å². The fraction of sp³-hybridized carbons (Fsp3) is 0.667. The summed E-state index contributed by atoms with van der Waals surface area (Å²) >= 11 is 0. The molecule has 20 heavy (non-hydrogen) atoms. The molecule has 5 nitrogen and oxygen atoms in total. The molecule has 0 spiro atoms. The predicted molar refractivity (Wildman–Crippen MR) is 68.7 cm³/mol. The van der Waals surface area contributed by atoms with Crippen LogP contribution in [-0.4, -0.2) is 40.3 Å². The Morgan fingerprint density at radius 1 is 1.45 bits per heavy atom. The average molecular weight is 290 g/mol. The van der Waals surface area contributed by atoms with Crippen LogP contribution in [0.4, 0.5) is 24.9 Å². The smallest absolute Gasteiger partial charge is 0.388 e. The second-order valence-electron chi connectivity index (χ2n) is 5.13.